The number of esters is 1. The molecule has 2 aromatic rings. The maximum absolute atomic E-state index is 12.7. The van der Waals surface area contributed by atoms with E-state index in [1.807, 2.05) is 0 Å². The van der Waals surface area contributed by atoms with Crippen LogP contribution in [-0.2, 0) is 22.1 Å². The molecular formula is C19H14F3NO4. The van der Waals surface area contributed by atoms with Crippen molar-refractivity contribution >= 4 is 17.8 Å². The Hall–Kier alpha value is -3.16. The predicted molar refractivity (Wildman–Crippen MR) is 87.9 cm³/mol. The maximum Gasteiger partial charge on any atom is 0.416 e. The molecule has 0 aromatic heterocycles. The Bertz CT molecular complexity index is 871. The van der Waals surface area contributed by atoms with Crippen LogP contribution in [-0.4, -0.2) is 35.8 Å². The fraction of sp³-hybridized carbons (Fsp3) is 0.211. The number of rotatable bonds is 4. The Labute approximate surface area is 152 Å². The number of alkyl halides is 3. The van der Waals surface area contributed by atoms with E-state index < -0.39 is 35.6 Å². The number of fused-ring (bicyclic) bond motifs is 1. The van der Waals surface area contributed by atoms with Crippen LogP contribution in [0.3, 0.4) is 0 Å². The number of carbonyl (C=O) groups is 3. The fourth-order valence-corrected chi connectivity index (χ4v) is 2.96. The third-order valence-corrected chi connectivity index (χ3v) is 4.32. The third-order valence-electron chi connectivity index (χ3n) is 4.32. The molecule has 27 heavy (non-hydrogen) atoms. The smallest absolute Gasteiger partial charge is 0.416 e. The minimum atomic E-state index is -4.48. The molecule has 2 aromatic carbocycles. The first-order valence-corrected chi connectivity index (χ1v) is 7.95. The zero-order valence-corrected chi connectivity index (χ0v) is 14.1. The number of halogens is 3. The highest BCUT2D eigenvalue weighted by atomic mass is 19.4. The number of amides is 2. The minimum absolute atomic E-state index is 0.156. The number of benzene rings is 2. The lowest BCUT2D eigenvalue weighted by atomic mass is 10.0. The van der Waals surface area contributed by atoms with E-state index in [-0.39, 0.29) is 17.5 Å². The highest BCUT2D eigenvalue weighted by molar-refractivity contribution is 6.22. The maximum atomic E-state index is 12.7. The molecule has 0 N–H and O–H groups in total. The molecule has 1 aliphatic rings. The van der Waals surface area contributed by atoms with E-state index >= 15 is 0 Å². The first kappa shape index (κ1) is 18.6. The van der Waals surface area contributed by atoms with Crippen molar-refractivity contribution in [1.82, 2.24) is 4.90 Å². The zero-order chi connectivity index (χ0) is 19.8. The van der Waals surface area contributed by atoms with E-state index in [0.717, 1.165) is 24.1 Å². The topological polar surface area (TPSA) is 63.7 Å². The van der Waals surface area contributed by atoms with E-state index in [0.29, 0.717) is 5.56 Å². The van der Waals surface area contributed by atoms with Crippen LogP contribution in [0.5, 0.6) is 0 Å². The molecule has 0 bridgehead atoms. The second-order valence-corrected chi connectivity index (χ2v) is 5.96. The van der Waals surface area contributed by atoms with Crippen molar-refractivity contribution < 1.29 is 32.3 Å². The molecule has 8 heteroatoms. The van der Waals surface area contributed by atoms with Gasteiger partial charge in [0.25, 0.3) is 11.8 Å². The molecule has 0 radical (unpaired) electrons. The van der Waals surface area contributed by atoms with Gasteiger partial charge >= 0.3 is 12.1 Å². The predicted octanol–water partition coefficient (Wildman–Crippen LogP) is 3.09. The summed E-state index contributed by atoms with van der Waals surface area (Å²) in [6.07, 6.45) is -4.64. The average molecular weight is 377 g/mol. The fourth-order valence-electron chi connectivity index (χ4n) is 2.96. The summed E-state index contributed by atoms with van der Waals surface area (Å²) in [6.45, 7) is 0. The Morgan fingerprint density at radius 1 is 1.00 bits per heavy atom. The summed E-state index contributed by atoms with van der Waals surface area (Å²) in [4.78, 5) is 38.2. The normalized spacial score (nSPS) is 14.9. The Morgan fingerprint density at radius 2 is 1.52 bits per heavy atom. The molecule has 1 heterocycles. The highest BCUT2D eigenvalue weighted by Gasteiger charge is 2.43. The highest BCUT2D eigenvalue weighted by Crippen LogP contribution is 2.30. The molecule has 1 aliphatic heterocycles. The molecule has 0 saturated heterocycles. The SMILES string of the molecule is COC(=O)C(Cc1ccc(C(F)(F)F)cc1)N1C(=O)c2ccccc2C1=O. The van der Waals surface area contributed by atoms with Gasteiger partial charge in [-0.05, 0) is 29.8 Å². The summed E-state index contributed by atoms with van der Waals surface area (Å²) in [5.74, 6) is -2.11. The van der Waals surface area contributed by atoms with Gasteiger partial charge in [0.1, 0.15) is 6.04 Å². The van der Waals surface area contributed by atoms with Gasteiger partial charge in [0.05, 0.1) is 23.8 Å². The second kappa shape index (κ2) is 6.86. The van der Waals surface area contributed by atoms with Gasteiger partial charge in [-0.25, -0.2) is 4.79 Å². The van der Waals surface area contributed by atoms with Gasteiger partial charge in [-0.3, -0.25) is 14.5 Å². The van der Waals surface area contributed by atoms with E-state index in [1.54, 1.807) is 12.1 Å². The molecule has 0 fully saturated rings. The molecular weight excluding hydrogens is 363 g/mol. The lowest BCUT2D eigenvalue weighted by molar-refractivity contribution is -0.145. The summed E-state index contributed by atoms with van der Waals surface area (Å²) in [7, 11) is 1.11. The van der Waals surface area contributed by atoms with Crippen LogP contribution in [0.25, 0.3) is 0 Å². The van der Waals surface area contributed by atoms with Crippen LogP contribution in [0.15, 0.2) is 48.5 Å². The number of nitrogens with zero attached hydrogens (tertiary/aromatic N) is 1. The molecule has 1 atom stereocenters. The summed E-state index contributed by atoms with van der Waals surface area (Å²) in [5.41, 5.74) is -0.135. The average Bonchev–Trinajstić information content (AvgIpc) is 2.90. The number of hydrogen-bond donors (Lipinski definition) is 0. The van der Waals surface area contributed by atoms with Crippen molar-refractivity contribution in [2.45, 2.75) is 18.6 Å². The summed E-state index contributed by atoms with van der Waals surface area (Å²) in [5, 5.41) is 0. The van der Waals surface area contributed by atoms with Crippen LogP contribution in [0.2, 0.25) is 0 Å². The van der Waals surface area contributed by atoms with Crippen LogP contribution in [0, 0.1) is 0 Å². The Balaban J connectivity index is 1.91. The van der Waals surface area contributed by atoms with Gasteiger partial charge < -0.3 is 4.74 Å². The van der Waals surface area contributed by atoms with Crippen LogP contribution in [0.1, 0.15) is 31.8 Å². The van der Waals surface area contributed by atoms with Crippen molar-refractivity contribution in [3.05, 3.63) is 70.8 Å². The van der Waals surface area contributed by atoms with Gasteiger partial charge in [0, 0.05) is 6.42 Å². The molecule has 2 amide bonds. The standard InChI is InChI=1S/C19H14F3NO4/c1-27-18(26)15(10-11-6-8-12(9-7-11)19(20,21)22)23-16(24)13-4-2-3-5-14(13)17(23)25/h2-9,15H,10H2,1H3. The third kappa shape index (κ3) is 3.42. The number of ether oxygens (including phenoxy) is 1. The second-order valence-electron chi connectivity index (χ2n) is 5.96. The summed E-state index contributed by atoms with van der Waals surface area (Å²) in [6, 6.07) is 9.03. The van der Waals surface area contributed by atoms with Gasteiger partial charge in [-0.15, -0.1) is 0 Å². The summed E-state index contributed by atoms with van der Waals surface area (Å²) < 4.78 is 42.8. The van der Waals surface area contributed by atoms with Crippen molar-refractivity contribution in [2.24, 2.45) is 0 Å². The number of hydrogen-bond acceptors (Lipinski definition) is 4. The number of carbonyl (C=O) groups excluding carboxylic acids is 3. The van der Waals surface area contributed by atoms with Crippen molar-refractivity contribution in [3.63, 3.8) is 0 Å². The van der Waals surface area contributed by atoms with Gasteiger partial charge in [-0.2, -0.15) is 13.2 Å². The monoisotopic (exact) mass is 377 g/mol. The van der Waals surface area contributed by atoms with E-state index in [2.05, 4.69) is 0 Å². The molecule has 5 nitrogen and oxygen atoms in total. The van der Waals surface area contributed by atoms with Crippen molar-refractivity contribution in [2.75, 3.05) is 7.11 Å². The van der Waals surface area contributed by atoms with Gasteiger partial charge in [-0.1, -0.05) is 24.3 Å². The summed E-state index contributed by atoms with van der Waals surface area (Å²) >= 11 is 0. The Morgan fingerprint density at radius 3 is 1.96 bits per heavy atom. The van der Waals surface area contributed by atoms with E-state index in [9.17, 15) is 27.6 Å². The minimum Gasteiger partial charge on any atom is -0.467 e. The molecule has 0 saturated carbocycles. The first-order valence-electron chi connectivity index (χ1n) is 7.95. The van der Waals surface area contributed by atoms with E-state index in [1.165, 1.54) is 24.3 Å². The molecule has 1 unspecified atom stereocenters. The van der Waals surface area contributed by atoms with Gasteiger partial charge in [0.2, 0.25) is 0 Å². The van der Waals surface area contributed by atoms with Crippen LogP contribution in [0.4, 0.5) is 13.2 Å². The largest absolute Gasteiger partial charge is 0.467 e. The van der Waals surface area contributed by atoms with Crippen LogP contribution >= 0.6 is 0 Å². The lowest BCUT2D eigenvalue weighted by Gasteiger charge is -2.24. The number of imide groups is 1. The van der Waals surface area contributed by atoms with Crippen molar-refractivity contribution in [3.8, 4) is 0 Å². The quantitative estimate of drug-likeness (QED) is 0.607. The zero-order valence-electron chi connectivity index (χ0n) is 14.1. The lowest BCUT2D eigenvalue weighted by Crippen LogP contribution is -2.46. The van der Waals surface area contributed by atoms with Crippen LogP contribution < -0.4 is 0 Å². The number of methoxy groups -OCH3 is 1. The molecule has 140 valence electrons. The molecule has 0 aliphatic carbocycles. The van der Waals surface area contributed by atoms with Crippen molar-refractivity contribution in [1.29, 1.82) is 0 Å². The first-order chi connectivity index (χ1) is 12.7. The van der Waals surface area contributed by atoms with E-state index in [4.69, 9.17) is 4.74 Å². The Kier molecular flexibility index (Phi) is 4.73. The molecule has 3 rings (SSSR count). The molecule has 0 spiro atoms. The van der Waals surface area contributed by atoms with Gasteiger partial charge in [0.15, 0.2) is 0 Å².